The number of hydrogen-bond donors (Lipinski definition) is 0. The van der Waals surface area contributed by atoms with Crippen LogP contribution >= 0.6 is 0 Å². The van der Waals surface area contributed by atoms with Crippen LogP contribution in [0.4, 0.5) is 0 Å². The molecule has 0 radical (unpaired) electrons. The van der Waals surface area contributed by atoms with Crippen molar-refractivity contribution in [2.45, 2.75) is 25.7 Å². The van der Waals surface area contributed by atoms with E-state index in [1.165, 1.54) is 5.56 Å². The van der Waals surface area contributed by atoms with Crippen LogP contribution in [0.2, 0.25) is 0 Å². The van der Waals surface area contributed by atoms with Gasteiger partial charge in [0.05, 0.1) is 0 Å². The molecular formula is C14H16. The van der Waals surface area contributed by atoms with Crippen LogP contribution < -0.4 is 0 Å². The van der Waals surface area contributed by atoms with E-state index in [-0.39, 0.29) is 0 Å². The lowest BCUT2D eigenvalue weighted by Crippen LogP contribution is -1.93. The zero-order valence-electron chi connectivity index (χ0n) is 8.66. The molecule has 14 heavy (non-hydrogen) atoms. The van der Waals surface area contributed by atoms with Gasteiger partial charge in [-0.15, -0.1) is 18.4 Å². The Morgan fingerprint density at radius 1 is 1.36 bits per heavy atom. The lowest BCUT2D eigenvalue weighted by molar-refractivity contribution is 0.762. The molecule has 0 unspecified atom stereocenters. The summed E-state index contributed by atoms with van der Waals surface area (Å²) in [6, 6.07) is 10.5. The Morgan fingerprint density at radius 3 is 2.64 bits per heavy atom. The van der Waals surface area contributed by atoms with Crippen molar-refractivity contribution >= 4 is 0 Å². The highest BCUT2D eigenvalue weighted by Crippen LogP contribution is 2.21. The molecule has 0 aliphatic rings. The van der Waals surface area contributed by atoms with E-state index in [0.29, 0.717) is 5.92 Å². The van der Waals surface area contributed by atoms with E-state index in [2.05, 4.69) is 42.7 Å². The summed E-state index contributed by atoms with van der Waals surface area (Å²) in [5.41, 5.74) is 1.33. The van der Waals surface area contributed by atoms with Crippen LogP contribution in [-0.2, 0) is 0 Å². The predicted octanol–water partition coefficient (Wildman–Crippen LogP) is 3.76. The van der Waals surface area contributed by atoms with Gasteiger partial charge in [-0.2, -0.15) is 0 Å². The summed E-state index contributed by atoms with van der Waals surface area (Å²) in [6.07, 6.45) is 4.02. The van der Waals surface area contributed by atoms with Gasteiger partial charge in [-0.1, -0.05) is 36.4 Å². The molecule has 0 spiro atoms. The van der Waals surface area contributed by atoms with Crippen molar-refractivity contribution in [2.24, 2.45) is 0 Å². The van der Waals surface area contributed by atoms with Gasteiger partial charge in [-0.05, 0) is 18.9 Å². The monoisotopic (exact) mass is 184 g/mol. The molecule has 0 heteroatoms. The van der Waals surface area contributed by atoms with Crippen molar-refractivity contribution in [1.29, 1.82) is 0 Å². The van der Waals surface area contributed by atoms with Gasteiger partial charge in [0.15, 0.2) is 0 Å². The Kier molecular flexibility index (Phi) is 4.58. The Morgan fingerprint density at radius 2 is 2.07 bits per heavy atom. The number of rotatable bonds is 4. The molecular weight excluding hydrogens is 168 g/mol. The quantitative estimate of drug-likeness (QED) is 0.493. The fourth-order valence-corrected chi connectivity index (χ4v) is 1.47. The summed E-state index contributed by atoms with van der Waals surface area (Å²) in [7, 11) is 0. The van der Waals surface area contributed by atoms with E-state index in [1.807, 2.05) is 19.1 Å². The van der Waals surface area contributed by atoms with Crippen LogP contribution in [0.5, 0.6) is 0 Å². The summed E-state index contributed by atoms with van der Waals surface area (Å²) in [6.45, 7) is 5.75. The SMILES string of the molecule is C=C[C@H](CCC#CC)c1ccccc1. The molecule has 0 amide bonds. The first-order valence-electron chi connectivity index (χ1n) is 4.95. The van der Waals surface area contributed by atoms with E-state index in [9.17, 15) is 0 Å². The minimum absolute atomic E-state index is 0.442. The second-order valence-electron chi connectivity index (χ2n) is 3.22. The Bertz CT molecular complexity index is 324. The zero-order valence-corrected chi connectivity index (χ0v) is 8.66. The zero-order chi connectivity index (χ0) is 10.2. The molecule has 0 saturated carbocycles. The summed E-state index contributed by atoms with van der Waals surface area (Å²) in [4.78, 5) is 0. The summed E-state index contributed by atoms with van der Waals surface area (Å²) in [5.74, 6) is 6.44. The molecule has 1 rings (SSSR count). The first-order valence-corrected chi connectivity index (χ1v) is 4.95. The van der Waals surface area contributed by atoms with Crippen LogP contribution in [0.3, 0.4) is 0 Å². The maximum Gasteiger partial charge on any atom is 0.00973 e. The first-order chi connectivity index (χ1) is 6.88. The largest absolute Gasteiger partial charge is 0.107 e. The average Bonchev–Trinajstić information content (AvgIpc) is 2.26. The van der Waals surface area contributed by atoms with Gasteiger partial charge in [0.1, 0.15) is 0 Å². The highest BCUT2D eigenvalue weighted by atomic mass is 14.1. The fourth-order valence-electron chi connectivity index (χ4n) is 1.47. The minimum atomic E-state index is 0.442. The molecule has 1 aromatic rings. The number of benzene rings is 1. The molecule has 0 aliphatic carbocycles. The van der Waals surface area contributed by atoms with Crippen molar-refractivity contribution in [3.05, 3.63) is 48.6 Å². The molecule has 0 aliphatic heterocycles. The maximum atomic E-state index is 3.87. The van der Waals surface area contributed by atoms with E-state index in [1.54, 1.807) is 0 Å². The van der Waals surface area contributed by atoms with E-state index >= 15 is 0 Å². The van der Waals surface area contributed by atoms with Gasteiger partial charge >= 0.3 is 0 Å². The van der Waals surface area contributed by atoms with Crippen molar-refractivity contribution in [1.82, 2.24) is 0 Å². The van der Waals surface area contributed by atoms with E-state index in [0.717, 1.165) is 12.8 Å². The molecule has 0 nitrogen and oxygen atoms in total. The third-order valence-corrected chi connectivity index (χ3v) is 2.27. The number of allylic oxidation sites excluding steroid dienone is 1. The minimum Gasteiger partial charge on any atom is -0.107 e. The van der Waals surface area contributed by atoms with Crippen LogP contribution in [-0.4, -0.2) is 0 Å². The molecule has 1 atom stereocenters. The molecule has 0 fully saturated rings. The predicted molar refractivity (Wildman–Crippen MR) is 62.1 cm³/mol. The van der Waals surface area contributed by atoms with Crippen molar-refractivity contribution in [3.63, 3.8) is 0 Å². The number of hydrogen-bond acceptors (Lipinski definition) is 0. The molecule has 0 heterocycles. The topological polar surface area (TPSA) is 0 Å². The Labute approximate surface area is 86.7 Å². The van der Waals surface area contributed by atoms with Gasteiger partial charge in [0, 0.05) is 12.3 Å². The smallest absolute Gasteiger partial charge is 0.00973 e. The standard InChI is InChI=1S/C14H16/c1-3-5-7-10-13(4-2)14-11-8-6-9-12-14/h4,6,8-9,11-13H,2,7,10H2,1H3/t13-/m1/s1. The first kappa shape index (κ1) is 10.6. The second-order valence-corrected chi connectivity index (χ2v) is 3.22. The molecule has 0 N–H and O–H groups in total. The molecule has 1 aromatic carbocycles. The maximum absolute atomic E-state index is 3.87. The average molecular weight is 184 g/mol. The van der Waals surface area contributed by atoms with E-state index < -0.39 is 0 Å². The van der Waals surface area contributed by atoms with Gasteiger partial charge < -0.3 is 0 Å². The van der Waals surface area contributed by atoms with Crippen molar-refractivity contribution in [2.75, 3.05) is 0 Å². The van der Waals surface area contributed by atoms with E-state index in [4.69, 9.17) is 0 Å². The summed E-state index contributed by atoms with van der Waals surface area (Å²) < 4.78 is 0. The summed E-state index contributed by atoms with van der Waals surface area (Å²) in [5, 5.41) is 0. The van der Waals surface area contributed by atoms with Crippen LogP contribution in [0.25, 0.3) is 0 Å². The Balaban J connectivity index is 2.61. The third-order valence-electron chi connectivity index (χ3n) is 2.27. The van der Waals surface area contributed by atoms with Gasteiger partial charge in [0.2, 0.25) is 0 Å². The van der Waals surface area contributed by atoms with Gasteiger partial charge in [-0.25, -0.2) is 0 Å². The highest BCUT2D eigenvalue weighted by molar-refractivity contribution is 5.23. The normalized spacial score (nSPS) is 11.2. The summed E-state index contributed by atoms with van der Waals surface area (Å²) >= 11 is 0. The Hall–Kier alpha value is -1.48. The molecule has 72 valence electrons. The van der Waals surface area contributed by atoms with Gasteiger partial charge in [0.25, 0.3) is 0 Å². The van der Waals surface area contributed by atoms with Crippen LogP contribution in [0.15, 0.2) is 43.0 Å². The van der Waals surface area contributed by atoms with Crippen molar-refractivity contribution < 1.29 is 0 Å². The molecule has 0 bridgehead atoms. The van der Waals surface area contributed by atoms with Crippen molar-refractivity contribution in [3.8, 4) is 11.8 Å². The fraction of sp³-hybridized carbons (Fsp3) is 0.286. The van der Waals surface area contributed by atoms with Crippen LogP contribution in [0.1, 0.15) is 31.2 Å². The molecule has 0 aromatic heterocycles. The molecule has 0 saturated heterocycles. The highest BCUT2D eigenvalue weighted by Gasteiger charge is 2.04. The lowest BCUT2D eigenvalue weighted by atomic mass is 9.95. The third kappa shape index (κ3) is 3.11. The van der Waals surface area contributed by atoms with Crippen LogP contribution in [0, 0.1) is 11.8 Å². The second kappa shape index (κ2) is 6.05. The lowest BCUT2D eigenvalue weighted by Gasteiger charge is -2.10. The van der Waals surface area contributed by atoms with Gasteiger partial charge in [-0.3, -0.25) is 0 Å².